The number of rotatable bonds is 8. The van der Waals surface area contributed by atoms with Crippen LogP contribution < -0.4 is 16.0 Å². The molecule has 1 aromatic rings. The average Bonchev–Trinajstić information content (AvgIpc) is 2.37. The molecule has 19 heavy (non-hydrogen) atoms. The van der Waals surface area contributed by atoms with Gasteiger partial charge in [-0.3, -0.25) is 4.79 Å². The normalized spacial score (nSPS) is 10.3. The molecule has 1 rings (SSSR count). The van der Waals surface area contributed by atoms with E-state index in [-0.39, 0.29) is 5.91 Å². The van der Waals surface area contributed by atoms with E-state index in [1.54, 1.807) is 12.3 Å². The summed E-state index contributed by atoms with van der Waals surface area (Å²) in [5.41, 5.74) is 0. The maximum Gasteiger partial charge on any atom is 0.224 e. The molecule has 3 N–H and O–H groups in total. The first-order valence-corrected chi connectivity index (χ1v) is 6.69. The maximum absolute atomic E-state index is 11.5. The molecule has 106 valence electrons. The molecule has 1 heterocycles. The van der Waals surface area contributed by atoms with Crippen LogP contribution in [0.5, 0.6) is 0 Å². The monoisotopic (exact) mass is 265 g/mol. The summed E-state index contributed by atoms with van der Waals surface area (Å²) >= 11 is 0. The molecule has 0 aliphatic rings. The van der Waals surface area contributed by atoms with Crippen molar-refractivity contribution in [3.05, 3.63) is 12.3 Å². The van der Waals surface area contributed by atoms with Crippen molar-refractivity contribution in [3.8, 4) is 0 Å². The molecule has 1 amide bonds. The Hall–Kier alpha value is -1.85. The zero-order valence-electron chi connectivity index (χ0n) is 11.9. The molecule has 0 saturated heterocycles. The summed E-state index contributed by atoms with van der Waals surface area (Å²) in [6.45, 7) is 8.19. The van der Waals surface area contributed by atoms with Crippen molar-refractivity contribution in [2.24, 2.45) is 5.92 Å². The molecule has 0 atom stereocenters. The number of anilines is 2. The van der Waals surface area contributed by atoms with Crippen molar-refractivity contribution in [1.29, 1.82) is 0 Å². The molecule has 0 aliphatic carbocycles. The summed E-state index contributed by atoms with van der Waals surface area (Å²) < 4.78 is 0. The van der Waals surface area contributed by atoms with Crippen LogP contribution in [-0.2, 0) is 4.79 Å². The van der Waals surface area contributed by atoms with E-state index in [9.17, 15) is 4.79 Å². The Morgan fingerprint density at radius 2 is 2.16 bits per heavy atom. The topological polar surface area (TPSA) is 78.9 Å². The van der Waals surface area contributed by atoms with Crippen molar-refractivity contribution in [3.63, 3.8) is 0 Å². The van der Waals surface area contributed by atoms with Gasteiger partial charge in [-0.15, -0.1) is 0 Å². The van der Waals surface area contributed by atoms with Gasteiger partial charge in [-0.05, 0) is 18.9 Å². The van der Waals surface area contributed by atoms with E-state index in [1.165, 1.54) is 0 Å². The van der Waals surface area contributed by atoms with Gasteiger partial charge >= 0.3 is 0 Å². The second kappa shape index (κ2) is 8.29. The van der Waals surface area contributed by atoms with Crippen LogP contribution in [0.15, 0.2) is 12.3 Å². The molecule has 0 aromatic carbocycles. The number of hydrogen-bond donors (Lipinski definition) is 3. The summed E-state index contributed by atoms with van der Waals surface area (Å²) in [5, 5.41) is 9.02. The lowest BCUT2D eigenvalue weighted by atomic mass is 10.2. The van der Waals surface area contributed by atoms with Crippen molar-refractivity contribution in [1.82, 2.24) is 15.3 Å². The highest BCUT2D eigenvalue weighted by molar-refractivity contribution is 5.76. The van der Waals surface area contributed by atoms with Crippen LogP contribution in [0, 0.1) is 5.92 Å². The highest BCUT2D eigenvalue weighted by Gasteiger charge is 2.03. The van der Waals surface area contributed by atoms with Gasteiger partial charge in [-0.2, -0.15) is 4.98 Å². The summed E-state index contributed by atoms with van der Waals surface area (Å²) in [5.74, 6) is 1.85. The number of aromatic nitrogens is 2. The van der Waals surface area contributed by atoms with Crippen molar-refractivity contribution in [2.45, 2.75) is 27.2 Å². The van der Waals surface area contributed by atoms with Crippen molar-refractivity contribution < 1.29 is 4.79 Å². The standard InChI is InChI=1S/C13H23N5O/c1-4-14-13-16-7-5-11(18-13)15-8-6-12(19)17-9-10(2)3/h5,7,10H,4,6,8-9H2,1-3H3,(H,17,19)(H2,14,15,16,18). The lowest BCUT2D eigenvalue weighted by molar-refractivity contribution is -0.120. The van der Waals surface area contributed by atoms with Gasteiger partial charge in [0.25, 0.3) is 0 Å². The molecule has 0 radical (unpaired) electrons. The molecule has 0 bridgehead atoms. The molecule has 0 unspecified atom stereocenters. The zero-order chi connectivity index (χ0) is 14.1. The van der Waals surface area contributed by atoms with Gasteiger partial charge in [-0.1, -0.05) is 13.8 Å². The predicted molar refractivity (Wildman–Crippen MR) is 77.2 cm³/mol. The first-order valence-electron chi connectivity index (χ1n) is 6.69. The summed E-state index contributed by atoms with van der Waals surface area (Å²) in [7, 11) is 0. The van der Waals surface area contributed by atoms with E-state index >= 15 is 0 Å². The van der Waals surface area contributed by atoms with Gasteiger partial charge in [0.05, 0.1) is 0 Å². The lowest BCUT2D eigenvalue weighted by Gasteiger charge is -2.09. The number of nitrogens with one attached hydrogen (secondary N) is 3. The third kappa shape index (κ3) is 6.59. The van der Waals surface area contributed by atoms with E-state index < -0.39 is 0 Å². The van der Waals surface area contributed by atoms with E-state index in [0.29, 0.717) is 24.8 Å². The van der Waals surface area contributed by atoms with E-state index in [4.69, 9.17) is 0 Å². The van der Waals surface area contributed by atoms with Gasteiger partial charge < -0.3 is 16.0 Å². The van der Waals surface area contributed by atoms with Crippen LogP contribution in [0.3, 0.4) is 0 Å². The van der Waals surface area contributed by atoms with Gasteiger partial charge in [0, 0.05) is 32.3 Å². The quantitative estimate of drug-likeness (QED) is 0.663. The zero-order valence-corrected chi connectivity index (χ0v) is 11.9. The Labute approximate surface area is 114 Å². The van der Waals surface area contributed by atoms with Gasteiger partial charge in [0.1, 0.15) is 5.82 Å². The molecule has 6 nitrogen and oxygen atoms in total. The number of hydrogen-bond acceptors (Lipinski definition) is 5. The van der Waals surface area contributed by atoms with Gasteiger partial charge in [0.2, 0.25) is 11.9 Å². The summed E-state index contributed by atoms with van der Waals surface area (Å²) in [6.07, 6.45) is 2.12. The average molecular weight is 265 g/mol. The molecule has 1 aromatic heterocycles. The molecule has 0 saturated carbocycles. The molecule has 0 fully saturated rings. The molecule has 0 spiro atoms. The minimum atomic E-state index is 0.0576. The lowest BCUT2D eigenvalue weighted by Crippen LogP contribution is -2.28. The molecular formula is C13H23N5O. The Morgan fingerprint density at radius 1 is 1.37 bits per heavy atom. The van der Waals surface area contributed by atoms with Crippen LogP contribution in [0.1, 0.15) is 27.2 Å². The second-order valence-electron chi connectivity index (χ2n) is 4.67. The van der Waals surface area contributed by atoms with Crippen LogP contribution in [0.4, 0.5) is 11.8 Å². The third-order valence-corrected chi connectivity index (χ3v) is 2.36. The Balaban J connectivity index is 2.28. The minimum Gasteiger partial charge on any atom is -0.369 e. The fourth-order valence-corrected chi connectivity index (χ4v) is 1.41. The smallest absolute Gasteiger partial charge is 0.224 e. The molecule has 0 aliphatic heterocycles. The fourth-order valence-electron chi connectivity index (χ4n) is 1.41. The Kier molecular flexibility index (Phi) is 6.63. The van der Waals surface area contributed by atoms with Crippen LogP contribution in [0.2, 0.25) is 0 Å². The highest BCUT2D eigenvalue weighted by Crippen LogP contribution is 2.05. The van der Waals surface area contributed by atoms with Crippen LogP contribution >= 0.6 is 0 Å². The maximum atomic E-state index is 11.5. The summed E-state index contributed by atoms with van der Waals surface area (Å²) in [6, 6.07) is 1.78. The van der Waals surface area contributed by atoms with Crippen LogP contribution in [0.25, 0.3) is 0 Å². The predicted octanol–water partition coefficient (Wildman–Crippen LogP) is 1.48. The van der Waals surface area contributed by atoms with Gasteiger partial charge in [-0.25, -0.2) is 4.98 Å². The first kappa shape index (κ1) is 15.2. The Bertz CT molecular complexity index is 394. The number of carbonyl (C=O) groups excluding carboxylic acids is 1. The SMILES string of the molecule is CCNc1nccc(NCCC(=O)NCC(C)C)n1. The highest BCUT2D eigenvalue weighted by atomic mass is 16.1. The number of amides is 1. The Morgan fingerprint density at radius 3 is 2.84 bits per heavy atom. The number of nitrogens with zero attached hydrogens (tertiary/aromatic N) is 2. The van der Waals surface area contributed by atoms with Gasteiger partial charge in [0.15, 0.2) is 0 Å². The van der Waals surface area contributed by atoms with E-state index in [0.717, 1.165) is 18.9 Å². The summed E-state index contributed by atoms with van der Waals surface area (Å²) in [4.78, 5) is 19.9. The van der Waals surface area contributed by atoms with E-state index in [2.05, 4.69) is 39.8 Å². The minimum absolute atomic E-state index is 0.0576. The first-order chi connectivity index (χ1) is 9.11. The van der Waals surface area contributed by atoms with Crippen LogP contribution in [-0.4, -0.2) is 35.5 Å². The third-order valence-electron chi connectivity index (χ3n) is 2.36. The van der Waals surface area contributed by atoms with Crippen molar-refractivity contribution >= 4 is 17.7 Å². The van der Waals surface area contributed by atoms with E-state index in [1.807, 2.05) is 6.92 Å². The molecular weight excluding hydrogens is 242 g/mol. The van der Waals surface area contributed by atoms with Crippen molar-refractivity contribution in [2.75, 3.05) is 30.3 Å². The number of carbonyl (C=O) groups is 1. The largest absolute Gasteiger partial charge is 0.369 e. The molecule has 6 heteroatoms. The second-order valence-corrected chi connectivity index (χ2v) is 4.67. The fraction of sp³-hybridized carbons (Fsp3) is 0.615.